The van der Waals surface area contributed by atoms with Crippen LogP contribution in [-0.2, 0) is 14.8 Å². The second-order valence-electron chi connectivity index (χ2n) is 6.96. The first kappa shape index (κ1) is 19.2. The number of anilines is 1. The lowest BCUT2D eigenvalue weighted by molar-refractivity contribution is -0.128. The first-order valence-electron chi connectivity index (χ1n) is 8.94. The summed E-state index contributed by atoms with van der Waals surface area (Å²) >= 11 is 0. The van der Waals surface area contributed by atoms with Crippen LogP contribution in [0.4, 0.5) is 5.69 Å². The van der Waals surface area contributed by atoms with E-state index in [1.54, 1.807) is 54.6 Å². The predicted molar refractivity (Wildman–Crippen MR) is 104 cm³/mol. The van der Waals surface area contributed by atoms with Crippen molar-refractivity contribution in [3.8, 4) is 5.75 Å². The van der Waals surface area contributed by atoms with Crippen molar-refractivity contribution in [2.45, 2.75) is 37.8 Å². The fourth-order valence-corrected chi connectivity index (χ4v) is 4.27. The van der Waals surface area contributed by atoms with Gasteiger partial charge in [-0.1, -0.05) is 44.2 Å². The monoisotopic (exact) mass is 388 g/mol. The van der Waals surface area contributed by atoms with Crippen molar-refractivity contribution in [2.24, 2.45) is 5.92 Å². The highest BCUT2D eigenvalue weighted by atomic mass is 32.2. The Labute approximate surface area is 160 Å². The smallest absolute Gasteiger partial charge is 0.264 e. The zero-order valence-electron chi connectivity index (χ0n) is 15.6. The Bertz CT molecular complexity index is 913. The normalized spacial score (nSPS) is 17.8. The predicted octanol–water partition coefficient (Wildman–Crippen LogP) is 2.80. The molecule has 3 rings (SSSR count). The average molecular weight is 388 g/mol. The maximum atomic E-state index is 13.2. The minimum atomic E-state index is -3.81. The van der Waals surface area contributed by atoms with Gasteiger partial charge in [-0.25, -0.2) is 8.42 Å². The molecule has 0 radical (unpaired) electrons. The number of carbonyl (C=O) groups is 1. The number of fused-ring (bicyclic) bond motifs is 1. The van der Waals surface area contributed by atoms with Crippen molar-refractivity contribution >= 4 is 21.6 Å². The van der Waals surface area contributed by atoms with E-state index in [0.717, 1.165) is 0 Å². The van der Waals surface area contributed by atoms with Crippen LogP contribution in [0, 0.1) is 5.92 Å². The maximum absolute atomic E-state index is 13.2. The van der Waals surface area contributed by atoms with Crippen molar-refractivity contribution in [3.63, 3.8) is 0 Å². The van der Waals surface area contributed by atoms with Gasteiger partial charge in [0.2, 0.25) is 0 Å². The number of ether oxygens (including phenoxy) is 1. The summed E-state index contributed by atoms with van der Waals surface area (Å²) in [6.07, 6.45) is -0.917. The molecule has 27 heavy (non-hydrogen) atoms. The Morgan fingerprint density at radius 1 is 1.07 bits per heavy atom. The molecule has 2 aromatic carbocycles. The molecule has 0 bridgehead atoms. The number of carbonyl (C=O) groups excluding carboxylic acids is 1. The zero-order chi connectivity index (χ0) is 19.6. The topological polar surface area (TPSA) is 75.7 Å². The van der Waals surface area contributed by atoms with Gasteiger partial charge in [0.15, 0.2) is 6.10 Å². The van der Waals surface area contributed by atoms with E-state index in [0.29, 0.717) is 11.4 Å². The number of nitrogens with zero attached hydrogens (tertiary/aromatic N) is 1. The summed E-state index contributed by atoms with van der Waals surface area (Å²) in [5.41, 5.74) is 0.433. The number of amides is 1. The average Bonchev–Trinajstić information content (AvgIpc) is 2.67. The van der Waals surface area contributed by atoms with Gasteiger partial charge in [0.05, 0.1) is 17.1 Å². The lowest BCUT2D eigenvalue weighted by atomic mass is 10.1. The molecule has 0 aliphatic carbocycles. The van der Waals surface area contributed by atoms with Crippen molar-refractivity contribution in [1.29, 1.82) is 0 Å². The number of nitrogens with one attached hydrogen (secondary N) is 1. The van der Waals surface area contributed by atoms with Crippen LogP contribution < -0.4 is 14.4 Å². The summed E-state index contributed by atoms with van der Waals surface area (Å²) in [6, 6.07) is 15.0. The van der Waals surface area contributed by atoms with Gasteiger partial charge < -0.3 is 10.1 Å². The summed E-state index contributed by atoms with van der Waals surface area (Å²) in [5, 5.41) is 2.91. The molecule has 0 saturated carbocycles. The van der Waals surface area contributed by atoms with Crippen LogP contribution in [0.15, 0.2) is 59.5 Å². The number of sulfonamides is 1. The molecule has 2 atom stereocenters. The summed E-state index contributed by atoms with van der Waals surface area (Å²) in [5.74, 6) is 0.313. The van der Waals surface area contributed by atoms with E-state index >= 15 is 0 Å². The van der Waals surface area contributed by atoms with E-state index in [1.165, 1.54) is 4.31 Å². The van der Waals surface area contributed by atoms with Gasteiger partial charge in [0.1, 0.15) is 5.75 Å². The highest BCUT2D eigenvalue weighted by Crippen LogP contribution is 2.36. The Morgan fingerprint density at radius 2 is 1.70 bits per heavy atom. The second kappa shape index (κ2) is 7.60. The SMILES string of the molecule is CC(C)[C@H](C)NC(=O)[C@@H]1CN(S(=O)(=O)c2ccccc2)c2ccccc2O1. The van der Waals surface area contributed by atoms with Crippen LogP contribution in [-0.4, -0.2) is 33.0 Å². The molecule has 1 amide bonds. The molecule has 0 unspecified atom stereocenters. The van der Waals surface area contributed by atoms with E-state index in [-0.39, 0.29) is 29.3 Å². The van der Waals surface area contributed by atoms with Gasteiger partial charge >= 0.3 is 0 Å². The Balaban J connectivity index is 1.95. The molecular weight excluding hydrogens is 364 g/mol. The van der Waals surface area contributed by atoms with Crippen molar-refractivity contribution in [1.82, 2.24) is 5.32 Å². The molecule has 7 heteroatoms. The van der Waals surface area contributed by atoms with Crippen LogP contribution in [0.25, 0.3) is 0 Å². The van der Waals surface area contributed by atoms with E-state index < -0.39 is 16.1 Å². The molecule has 0 aromatic heterocycles. The van der Waals surface area contributed by atoms with E-state index in [1.807, 2.05) is 20.8 Å². The van der Waals surface area contributed by atoms with Crippen LogP contribution >= 0.6 is 0 Å². The summed E-state index contributed by atoms with van der Waals surface area (Å²) in [7, 11) is -3.81. The molecule has 144 valence electrons. The van der Waals surface area contributed by atoms with Gasteiger partial charge in [-0.15, -0.1) is 0 Å². The van der Waals surface area contributed by atoms with E-state index in [2.05, 4.69) is 5.32 Å². The second-order valence-corrected chi connectivity index (χ2v) is 8.83. The Kier molecular flexibility index (Phi) is 5.41. The highest BCUT2D eigenvalue weighted by molar-refractivity contribution is 7.92. The van der Waals surface area contributed by atoms with Crippen LogP contribution in [0.3, 0.4) is 0 Å². The summed E-state index contributed by atoms with van der Waals surface area (Å²) in [6.45, 7) is 5.85. The quantitative estimate of drug-likeness (QED) is 0.855. The van der Waals surface area contributed by atoms with Crippen molar-refractivity contribution in [2.75, 3.05) is 10.8 Å². The first-order chi connectivity index (χ1) is 12.8. The van der Waals surface area contributed by atoms with Crippen LogP contribution in [0.5, 0.6) is 5.75 Å². The van der Waals surface area contributed by atoms with Crippen LogP contribution in [0.1, 0.15) is 20.8 Å². The van der Waals surface area contributed by atoms with E-state index in [9.17, 15) is 13.2 Å². The lowest BCUT2D eigenvalue weighted by Crippen LogP contribution is -2.52. The first-order valence-corrected chi connectivity index (χ1v) is 10.4. The third-order valence-electron chi connectivity index (χ3n) is 4.73. The molecule has 1 aliphatic heterocycles. The number of rotatable bonds is 5. The maximum Gasteiger partial charge on any atom is 0.264 e. The molecule has 0 saturated heterocycles. The molecule has 6 nitrogen and oxygen atoms in total. The highest BCUT2D eigenvalue weighted by Gasteiger charge is 2.37. The fourth-order valence-electron chi connectivity index (χ4n) is 2.77. The Morgan fingerprint density at radius 3 is 2.37 bits per heavy atom. The Hall–Kier alpha value is -2.54. The van der Waals surface area contributed by atoms with Crippen LogP contribution in [0.2, 0.25) is 0 Å². The molecule has 0 fully saturated rings. The van der Waals surface area contributed by atoms with Gasteiger partial charge in [-0.2, -0.15) is 0 Å². The van der Waals surface area contributed by atoms with Gasteiger partial charge in [-0.3, -0.25) is 9.10 Å². The molecule has 1 aliphatic rings. The number of hydrogen-bond acceptors (Lipinski definition) is 4. The lowest BCUT2D eigenvalue weighted by Gasteiger charge is -2.35. The zero-order valence-corrected chi connectivity index (χ0v) is 16.4. The minimum absolute atomic E-state index is 0.0440. The molecule has 1 heterocycles. The number of hydrogen-bond donors (Lipinski definition) is 1. The largest absolute Gasteiger partial charge is 0.476 e. The van der Waals surface area contributed by atoms with Crippen molar-refractivity contribution in [3.05, 3.63) is 54.6 Å². The van der Waals surface area contributed by atoms with E-state index in [4.69, 9.17) is 4.74 Å². The minimum Gasteiger partial charge on any atom is -0.476 e. The number of para-hydroxylation sites is 2. The van der Waals surface area contributed by atoms with Gasteiger partial charge in [0, 0.05) is 6.04 Å². The van der Waals surface area contributed by atoms with Crippen molar-refractivity contribution < 1.29 is 17.9 Å². The fraction of sp³-hybridized carbons (Fsp3) is 0.350. The molecular formula is C20H24N2O4S. The number of benzene rings is 2. The molecule has 0 spiro atoms. The molecule has 2 aromatic rings. The summed E-state index contributed by atoms with van der Waals surface area (Å²) in [4.78, 5) is 12.9. The van der Waals surface area contributed by atoms with Gasteiger partial charge in [-0.05, 0) is 37.1 Å². The molecule has 1 N–H and O–H groups in total. The third-order valence-corrected chi connectivity index (χ3v) is 6.52. The van der Waals surface area contributed by atoms with Gasteiger partial charge in [0.25, 0.3) is 15.9 Å². The third kappa shape index (κ3) is 3.93. The standard InChI is InChI=1S/C20H24N2O4S/c1-14(2)15(3)21-20(23)19-13-22(17-11-7-8-12-18(17)26-19)27(24,25)16-9-5-4-6-10-16/h4-12,14-15,19H,13H2,1-3H3,(H,21,23)/t15-,19-/m0/s1. The summed E-state index contributed by atoms with van der Waals surface area (Å²) < 4.78 is 33.4.